The van der Waals surface area contributed by atoms with Gasteiger partial charge in [0.15, 0.2) is 0 Å². The number of fused-ring (bicyclic) bond motifs is 3. The molecule has 4 aromatic carbocycles. The monoisotopic (exact) mass is 466 g/mol. The van der Waals surface area contributed by atoms with E-state index in [0.29, 0.717) is 0 Å². The largest absolute Gasteiger partial charge is 0.143 e. The van der Waals surface area contributed by atoms with Crippen molar-refractivity contribution < 1.29 is 0 Å². The van der Waals surface area contributed by atoms with Gasteiger partial charge in [-0.2, -0.15) is 0 Å². The lowest BCUT2D eigenvalue weighted by Crippen LogP contribution is -2.31. The predicted molar refractivity (Wildman–Crippen MR) is 146 cm³/mol. The Kier molecular flexibility index (Phi) is 6.16. The van der Waals surface area contributed by atoms with Gasteiger partial charge in [0, 0.05) is 9.79 Å². The maximum atomic E-state index is 4.72. The van der Waals surface area contributed by atoms with Crippen LogP contribution < -0.4 is 0 Å². The zero-order chi connectivity index (χ0) is 23.0. The van der Waals surface area contributed by atoms with Gasteiger partial charge in [0.1, 0.15) is 0 Å². The third kappa shape index (κ3) is 3.55. The number of rotatable bonds is 6. The summed E-state index contributed by atoms with van der Waals surface area (Å²) in [6.45, 7) is 4.52. The van der Waals surface area contributed by atoms with Gasteiger partial charge >= 0.3 is 0 Å². The van der Waals surface area contributed by atoms with Crippen LogP contribution in [0.1, 0.15) is 60.1 Å². The van der Waals surface area contributed by atoms with Crippen molar-refractivity contribution in [1.82, 2.24) is 0 Å². The minimum Gasteiger partial charge on any atom is -0.143 e. The predicted octanol–water partition coefficient (Wildman–Crippen LogP) is 8.53. The molecular weight excluding hydrogens is 436 g/mol. The third-order valence-electron chi connectivity index (χ3n) is 6.98. The SMILES string of the molecule is CCCc1cc(S)ccc1C1(c2ccc(S)cc2CCC)c2ccccc2-c2ccccc21. The van der Waals surface area contributed by atoms with E-state index in [1.807, 2.05) is 0 Å². The molecular formula is C31H30S2. The van der Waals surface area contributed by atoms with Gasteiger partial charge in [-0.25, -0.2) is 0 Å². The van der Waals surface area contributed by atoms with Crippen molar-refractivity contribution in [1.29, 1.82) is 0 Å². The molecule has 0 aliphatic heterocycles. The van der Waals surface area contributed by atoms with Gasteiger partial charge < -0.3 is 0 Å². The van der Waals surface area contributed by atoms with Crippen LogP contribution in [0.3, 0.4) is 0 Å². The number of hydrogen-bond donors (Lipinski definition) is 2. The molecule has 0 N–H and O–H groups in total. The van der Waals surface area contributed by atoms with Gasteiger partial charge in [0.25, 0.3) is 0 Å². The highest BCUT2D eigenvalue weighted by atomic mass is 32.1. The smallest absolute Gasteiger partial charge is 0.0718 e. The molecule has 1 aliphatic carbocycles. The molecule has 0 saturated heterocycles. The molecule has 0 fully saturated rings. The molecule has 2 heteroatoms. The van der Waals surface area contributed by atoms with E-state index in [1.165, 1.54) is 44.5 Å². The van der Waals surface area contributed by atoms with Crippen molar-refractivity contribution in [3.63, 3.8) is 0 Å². The number of benzene rings is 4. The summed E-state index contributed by atoms with van der Waals surface area (Å²) in [6.07, 6.45) is 4.26. The molecule has 1 aliphatic rings. The van der Waals surface area contributed by atoms with E-state index < -0.39 is 0 Å². The molecule has 0 aromatic heterocycles. The van der Waals surface area contributed by atoms with E-state index in [9.17, 15) is 0 Å². The normalized spacial score (nSPS) is 13.6. The highest BCUT2D eigenvalue weighted by Gasteiger charge is 2.47. The van der Waals surface area contributed by atoms with Crippen LogP contribution in [-0.2, 0) is 18.3 Å². The molecule has 166 valence electrons. The first-order chi connectivity index (χ1) is 16.1. The van der Waals surface area contributed by atoms with E-state index in [0.717, 1.165) is 35.5 Å². The van der Waals surface area contributed by atoms with Crippen molar-refractivity contribution in [2.75, 3.05) is 0 Å². The second-order valence-corrected chi connectivity index (χ2v) is 10.1. The first-order valence-corrected chi connectivity index (χ1v) is 12.8. The van der Waals surface area contributed by atoms with Gasteiger partial charge in [-0.05, 0) is 81.6 Å². The van der Waals surface area contributed by atoms with Crippen LogP contribution in [0.5, 0.6) is 0 Å². The van der Waals surface area contributed by atoms with Crippen LogP contribution >= 0.6 is 25.3 Å². The van der Waals surface area contributed by atoms with Crippen molar-refractivity contribution in [2.45, 2.75) is 54.7 Å². The molecule has 5 rings (SSSR count). The molecule has 0 radical (unpaired) electrons. The highest BCUT2D eigenvalue weighted by Crippen LogP contribution is 2.57. The summed E-state index contributed by atoms with van der Waals surface area (Å²) in [6, 6.07) is 31.5. The van der Waals surface area contributed by atoms with E-state index in [-0.39, 0.29) is 5.41 Å². The fourth-order valence-corrected chi connectivity index (χ4v) is 6.27. The Morgan fingerprint density at radius 2 is 0.970 bits per heavy atom. The lowest BCUT2D eigenvalue weighted by molar-refractivity contribution is 0.724. The van der Waals surface area contributed by atoms with Crippen LogP contribution in [-0.4, -0.2) is 0 Å². The lowest BCUT2D eigenvalue weighted by Gasteiger charge is -2.37. The molecule has 33 heavy (non-hydrogen) atoms. The Morgan fingerprint density at radius 3 is 1.39 bits per heavy atom. The third-order valence-corrected chi connectivity index (χ3v) is 7.53. The van der Waals surface area contributed by atoms with E-state index in [2.05, 4.69) is 98.8 Å². The lowest BCUT2D eigenvalue weighted by atomic mass is 9.64. The molecule has 0 nitrogen and oxygen atoms in total. The molecule has 0 heterocycles. The second kappa shape index (κ2) is 9.08. The summed E-state index contributed by atoms with van der Waals surface area (Å²) < 4.78 is 0. The Morgan fingerprint density at radius 1 is 0.545 bits per heavy atom. The fourth-order valence-electron chi connectivity index (χ4n) is 5.80. The van der Waals surface area contributed by atoms with Crippen molar-refractivity contribution in [2.24, 2.45) is 0 Å². The summed E-state index contributed by atoms with van der Waals surface area (Å²) in [5.74, 6) is 0. The average molecular weight is 467 g/mol. The summed E-state index contributed by atoms with van der Waals surface area (Å²) in [5, 5.41) is 0. The minimum atomic E-state index is -0.356. The van der Waals surface area contributed by atoms with Crippen LogP contribution in [0.15, 0.2) is 94.7 Å². The molecule has 0 unspecified atom stereocenters. The van der Waals surface area contributed by atoms with Gasteiger partial charge in [-0.15, -0.1) is 25.3 Å². The van der Waals surface area contributed by atoms with E-state index in [1.54, 1.807) is 0 Å². The molecule has 0 bridgehead atoms. The van der Waals surface area contributed by atoms with E-state index in [4.69, 9.17) is 25.3 Å². The van der Waals surface area contributed by atoms with Crippen LogP contribution in [0.2, 0.25) is 0 Å². The molecule has 0 atom stereocenters. The van der Waals surface area contributed by atoms with Gasteiger partial charge in [0.05, 0.1) is 5.41 Å². The zero-order valence-corrected chi connectivity index (χ0v) is 21.1. The topological polar surface area (TPSA) is 0 Å². The highest BCUT2D eigenvalue weighted by molar-refractivity contribution is 7.80. The van der Waals surface area contributed by atoms with Crippen LogP contribution in [0, 0.1) is 0 Å². The Bertz CT molecular complexity index is 1220. The molecule has 0 saturated carbocycles. The van der Waals surface area contributed by atoms with Gasteiger partial charge in [0.2, 0.25) is 0 Å². The van der Waals surface area contributed by atoms with Crippen molar-refractivity contribution in [3.05, 3.63) is 118 Å². The van der Waals surface area contributed by atoms with Crippen molar-refractivity contribution >= 4 is 25.3 Å². The van der Waals surface area contributed by atoms with E-state index >= 15 is 0 Å². The van der Waals surface area contributed by atoms with Crippen molar-refractivity contribution in [3.8, 4) is 11.1 Å². The van der Waals surface area contributed by atoms with Crippen LogP contribution in [0.25, 0.3) is 11.1 Å². The molecule has 4 aromatic rings. The standard InChI is InChI=1S/C31H30S2/c1-3-9-21-19-23(32)15-17-27(21)31(28-18-16-24(33)20-22(28)10-4-2)29-13-7-5-11-25(29)26-12-6-8-14-30(26)31/h5-8,11-20,32-33H,3-4,9-10H2,1-2H3. The van der Waals surface area contributed by atoms with Crippen LogP contribution in [0.4, 0.5) is 0 Å². The second-order valence-electron chi connectivity index (χ2n) is 9.02. The first-order valence-electron chi connectivity index (χ1n) is 11.9. The fraction of sp³-hybridized carbons (Fsp3) is 0.226. The average Bonchev–Trinajstić information content (AvgIpc) is 3.11. The zero-order valence-electron chi connectivity index (χ0n) is 19.3. The van der Waals surface area contributed by atoms with Gasteiger partial charge in [-0.1, -0.05) is 87.4 Å². The maximum absolute atomic E-state index is 4.72. The summed E-state index contributed by atoms with van der Waals surface area (Å²) >= 11 is 9.44. The molecule has 0 amide bonds. The minimum absolute atomic E-state index is 0.356. The Labute approximate surface area is 208 Å². The van der Waals surface area contributed by atoms with Gasteiger partial charge in [-0.3, -0.25) is 0 Å². The summed E-state index contributed by atoms with van der Waals surface area (Å²) in [7, 11) is 0. The number of hydrogen-bond acceptors (Lipinski definition) is 2. The number of thiol groups is 2. The Balaban J connectivity index is 1.98. The first kappa shape index (κ1) is 22.4. The number of aryl methyl sites for hydroxylation is 2. The maximum Gasteiger partial charge on any atom is 0.0718 e. The molecule has 0 spiro atoms. The quantitative estimate of drug-likeness (QED) is 0.230. The Hall–Kier alpha value is -2.42. The summed E-state index contributed by atoms with van der Waals surface area (Å²) in [4.78, 5) is 2.05. The summed E-state index contributed by atoms with van der Waals surface area (Å²) in [5.41, 5.74) is 10.6.